The highest BCUT2D eigenvalue weighted by molar-refractivity contribution is 5.98. The van der Waals surface area contributed by atoms with E-state index in [1.807, 2.05) is 6.07 Å². The molecular formula is C22H29NO3. The van der Waals surface area contributed by atoms with Gasteiger partial charge < -0.3 is 4.57 Å². The zero-order valence-corrected chi connectivity index (χ0v) is 16.1. The fourth-order valence-corrected chi connectivity index (χ4v) is 3.25. The Bertz CT molecular complexity index is 848. The largest absolute Gasteiger partial charge is 0.315 e. The maximum Gasteiger partial charge on any atom is 0.258 e. The fourth-order valence-electron chi connectivity index (χ4n) is 3.25. The second kappa shape index (κ2) is 9.46. The lowest BCUT2D eigenvalue weighted by Crippen LogP contribution is -2.20. The summed E-state index contributed by atoms with van der Waals surface area (Å²) in [4.78, 5) is 36.0. The highest BCUT2D eigenvalue weighted by atomic mass is 16.1. The number of aromatic nitrogens is 1. The molecule has 26 heavy (non-hydrogen) atoms. The average Bonchev–Trinajstić information content (AvgIpc) is 2.62. The van der Waals surface area contributed by atoms with Gasteiger partial charge in [-0.15, -0.1) is 0 Å². The van der Waals surface area contributed by atoms with E-state index in [9.17, 15) is 14.4 Å². The van der Waals surface area contributed by atoms with Gasteiger partial charge in [0.05, 0.1) is 0 Å². The highest BCUT2D eigenvalue weighted by Gasteiger charge is 2.09. The van der Waals surface area contributed by atoms with Gasteiger partial charge in [-0.1, -0.05) is 25.8 Å². The van der Waals surface area contributed by atoms with Crippen LogP contribution in [0.15, 0.2) is 29.1 Å². The van der Waals surface area contributed by atoms with Gasteiger partial charge in [-0.05, 0) is 56.2 Å². The topological polar surface area (TPSA) is 56.1 Å². The minimum absolute atomic E-state index is 0.00397. The summed E-state index contributed by atoms with van der Waals surface area (Å²) in [6.45, 7) is 3.67. The molecule has 0 aliphatic rings. The van der Waals surface area contributed by atoms with E-state index in [1.165, 1.54) is 6.92 Å². The van der Waals surface area contributed by atoms with Crippen LogP contribution in [-0.4, -0.2) is 16.1 Å². The minimum Gasteiger partial charge on any atom is -0.315 e. The number of Topliss-reactive ketones (excluding diaryl/α,β-unsaturated/α-hetero) is 2. The van der Waals surface area contributed by atoms with Crippen molar-refractivity contribution in [1.29, 1.82) is 0 Å². The van der Waals surface area contributed by atoms with Crippen molar-refractivity contribution in [2.24, 2.45) is 7.05 Å². The van der Waals surface area contributed by atoms with Crippen LogP contribution in [0.25, 0.3) is 10.8 Å². The van der Waals surface area contributed by atoms with Crippen molar-refractivity contribution < 1.29 is 9.59 Å². The Morgan fingerprint density at radius 2 is 1.69 bits per heavy atom. The van der Waals surface area contributed by atoms with E-state index in [0.717, 1.165) is 49.6 Å². The number of hydrogen-bond acceptors (Lipinski definition) is 3. The van der Waals surface area contributed by atoms with Gasteiger partial charge in [0.2, 0.25) is 0 Å². The van der Waals surface area contributed by atoms with Crippen molar-refractivity contribution in [2.75, 3.05) is 0 Å². The summed E-state index contributed by atoms with van der Waals surface area (Å²) >= 11 is 0. The normalized spacial score (nSPS) is 11.0. The van der Waals surface area contributed by atoms with Gasteiger partial charge >= 0.3 is 0 Å². The standard InChI is InChI=1S/C22H29NO3/c1-4-5-6-10-20(25)11-8-7-9-19-15-18-14-17(16(2)24)12-13-21(18)22(26)23(19)3/h12-15H,4-11H2,1-3H3. The minimum atomic E-state index is -0.0387. The summed E-state index contributed by atoms with van der Waals surface area (Å²) < 4.78 is 1.68. The van der Waals surface area contributed by atoms with E-state index in [-0.39, 0.29) is 11.3 Å². The van der Waals surface area contributed by atoms with E-state index < -0.39 is 0 Å². The molecule has 4 heteroatoms. The molecule has 0 amide bonds. The SMILES string of the molecule is CCCCCC(=O)CCCCc1cc2cc(C(C)=O)ccc2c(=O)n1C. The molecule has 0 N–H and O–H groups in total. The lowest BCUT2D eigenvalue weighted by Gasteiger charge is -2.11. The van der Waals surface area contributed by atoms with E-state index in [2.05, 4.69) is 6.92 Å². The Labute approximate surface area is 155 Å². The highest BCUT2D eigenvalue weighted by Crippen LogP contribution is 2.17. The molecule has 0 saturated carbocycles. The lowest BCUT2D eigenvalue weighted by molar-refractivity contribution is -0.119. The molecule has 1 aromatic heterocycles. The van der Waals surface area contributed by atoms with Crippen LogP contribution in [0.3, 0.4) is 0 Å². The van der Waals surface area contributed by atoms with Crippen molar-refractivity contribution >= 4 is 22.3 Å². The van der Waals surface area contributed by atoms with E-state index in [1.54, 1.807) is 29.8 Å². The van der Waals surface area contributed by atoms with Crippen molar-refractivity contribution in [2.45, 2.75) is 65.2 Å². The first-order valence-electron chi connectivity index (χ1n) is 9.59. The third kappa shape index (κ3) is 5.13. The van der Waals surface area contributed by atoms with E-state index in [0.29, 0.717) is 29.6 Å². The number of pyridine rings is 1. The summed E-state index contributed by atoms with van der Waals surface area (Å²) in [7, 11) is 1.78. The second-order valence-corrected chi connectivity index (χ2v) is 7.06. The van der Waals surface area contributed by atoms with E-state index >= 15 is 0 Å². The zero-order chi connectivity index (χ0) is 19.1. The van der Waals surface area contributed by atoms with Crippen molar-refractivity contribution in [1.82, 2.24) is 4.57 Å². The van der Waals surface area contributed by atoms with Gasteiger partial charge in [0.15, 0.2) is 5.78 Å². The Morgan fingerprint density at radius 1 is 1.00 bits per heavy atom. The third-order valence-corrected chi connectivity index (χ3v) is 4.94. The molecule has 2 rings (SSSR count). The third-order valence-electron chi connectivity index (χ3n) is 4.94. The molecule has 0 bridgehead atoms. The number of carbonyl (C=O) groups is 2. The predicted octanol–water partition coefficient (Wildman–Crippen LogP) is 4.60. The van der Waals surface area contributed by atoms with Crippen molar-refractivity contribution in [3.8, 4) is 0 Å². The smallest absolute Gasteiger partial charge is 0.258 e. The van der Waals surface area contributed by atoms with Crippen LogP contribution in [0.4, 0.5) is 0 Å². The lowest BCUT2D eigenvalue weighted by atomic mass is 10.0. The number of fused-ring (bicyclic) bond motifs is 1. The average molecular weight is 355 g/mol. The number of aryl methyl sites for hydroxylation is 1. The van der Waals surface area contributed by atoms with Crippen LogP contribution in [-0.2, 0) is 18.3 Å². The molecule has 0 saturated heterocycles. The molecule has 140 valence electrons. The predicted molar refractivity (Wildman–Crippen MR) is 106 cm³/mol. The van der Waals surface area contributed by atoms with Crippen LogP contribution >= 0.6 is 0 Å². The maximum atomic E-state index is 12.5. The Morgan fingerprint density at radius 3 is 2.35 bits per heavy atom. The number of carbonyl (C=O) groups excluding carboxylic acids is 2. The molecular weight excluding hydrogens is 326 g/mol. The summed E-state index contributed by atoms with van der Waals surface area (Å²) in [6, 6.07) is 7.22. The summed E-state index contributed by atoms with van der Waals surface area (Å²) in [5, 5.41) is 1.44. The quantitative estimate of drug-likeness (QED) is 0.462. The Kier molecular flexibility index (Phi) is 7.31. The van der Waals surface area contributed by atoms with Gasteiger partial charge in [-0.2, -0.15) is 0 Å². The molecule has 0 atom stereocenters. The molecule has 0 unspecified atom stereocenters. The van der Waals surface area contributed by atoms with Crippen LogP contribution < -0.4 is 5.56 Å². The zero-order valence-electron chi connectivity index (χ0n) is 16.1. The van der Waals surface area contributed by atoms with Gasteiger partial charge in [0, 0.05) is 36.5 Å². The summed E-state index contributed by atoms with van der Waals surface area (Å²) in [5.74, 6) is 0.340. The van der Waals surface area contributed by atoms with Crippen LogP contribution in [0, 0.1) is 0 Å². The van der Waals surface area contributed by atoms with Gasteiger partial charge in [0.25, 0.3) is 5.56 Å². The Balaban J connectivity index is 2.03. The molecule has 0 radical (unpaired) electrons. The summed E-state index contributed by atoms with van der Waals surface area (Å²) in [5.41, 5.74) is 1.53. The summed E-state index contributed by atoms with van der Waals surface area (Å²) in [6.07, 6.45) is 7.05. The second-order valence-electron chi connectivity index (χ2n) is 7.06. The number of nitrogens with zero attached hydrogens (tertiary/aromatic N) is 1. The van der Waals surface area contributed by atoms with Gasteiger partial charge in [0.1, 0.15) is 5.78 Å². The van der Waals surface area contributed by atoms with Gasteiger partial charge in [-0.3, -0.25) is 14.4 Å². The fraction of sp³-hybridized carbons (Fsp3) is 0.500. The number of benzene rings is 1. The molecule has 1 aromatic carbocycles. The number of rotatable bonds is 10. The monoisotopic (exact) mass is 355 g/mol. The first-order valence-corrected chi connectivity index (χ1v) is 9.59. The molecule has 4 nitrogen and oxygen atoms in total. The molecule has 1 heterocycles. The van der Waals surface area contributed by atoms with Crippen molar-refractivity contribution in [3.63, 3.8) is 0 Å². The molecule has 0 spiro atoms. The van der Waals surface area contributed by atoms with Crippen molar-refractivity contribution in [3.05, 3.63) is 45.9 Å². The van der Waals surface area contributed by atoms with Crippen LogP contribution in [0.2, 0.25) is 0 Å². The Hall–Kier alpha value is -2.23. The number of hydrogen-bond donors (Lipinski definition) is 0. The molecule has 0 aliphatic heterocycles. The number of unbranched alkanes of at least 4 members (excludes halogenated alkanes) is 3. The first-order chi connectivity index (χ1) is 12.4. The van der Waals surface area contributed by atoms with Crippen LogP contribution in [0.1, 0.15) is 74.8 Å². The molecule has 2 aromatic rings. The molecule has 0 aliphatic carbocycles. The van der Waals surface area contributed by atoms with Crippen LogP contribution in [0.5, 0.6) is 0 Å². The van der Waals surface area contributed by atoms with E-state index in [4.69, 9.17) is 0 Å². The van der Waals surface area contributed by atoms with Gasteiger partial charge in [-0.25, -0.2) is 0 Å². The number of ketones is 2. The first kappa shape index (κ1) is 20.1. The maximum absolute atomic E-state index is 12.5. The molecule has 0 fully saturated rings.